The zero-order valence-electron chi connectivity index (χ0n) is 19.1. The summed E-state index contributed by atoms with van der Waals surface area (Å²) in [7, 11) is 3.16. The second-order valence-electron chi connectivity index (χ2n) is 8.27. The number of hydrogen-bond donors (Lipinski definition) is 2. The number of anilines is 1. The van der Waals surface area contributed by atoms with Gasteiger partial charge < -0.3 is 20.5 Å². The van der Waals surface area contributed by atoms with Gasteiger partial charge in [0, 0.05) is 6.04 Å². The van der Waals surface area contributed by atoms with Crippen LogP contribution in [0.3, 0.4) is 0 Å². The molecular formula is C25H26N6O3. The number of aromatic nitrogens is 3. The number of hydrogen-bond acceptors (Lipinski definition) is 7. The maximum Gasteiger partial charge on any atom is 0.257 e. The van der Waals surface area contributed by atoms with Crippen LogP contribution in [0.15, 0.2) is 47.6 Å². The minimum atomic E-state index is -0.251. The molecule has 34 heavy (non-hydrogen) atoms. The van der Waals surface area contributed by atoms with Gasteiger partial charge in [0.2, 0.25) is 0 Å². The fraction of sp³-hybridized carbons (Fsp3) is 0.280. The van der Waals surface area contributed by atoms with Crippen LogP contribution < -0.4 is 20.5 Å². The van der Waals surface area contributed by atoms with Crippen LogP contribution in [0.5, 0.6) is 11.5 Å². The quantitative estimate of drug-likeness (QED) is 0.425. The van der Waals surface area contributed by atoms with E-state index in [1.54, 1.807) is 32.6 Å². The van der Waals surface area contributed by atoms with Gasteiger partial charge in [-0.25, -0.2) is 9.97 Å². The Labute approximate surface area is 196 Å². The molecule has 0 atom stereocenters. The summed E-state index contributed by atoms with van der Waals surface area (Å²) >= 11 is 0. The number of ether oxygens (including phenoxy) is 2. The van der Waals surface area contributed by atoms with Gasteiger partial charge in [-0.15, -0.1) is 0 Å². The smallest absolute Gasteiger partial charge is 0.257 e. The molecule has 9 heteroatoms. The number of nitrogens with one attached hydrogen (secondary N) is 1. The van der Waals surface area contributed by atoms with Gasteiger partial charge in [-0.05, 0) is 48.7 Å². The zero-order chi connectivity index (χ0) is 23.7. The molecule has 1 aliphatic rings. The van der Waals surface area contributed by atoms with Crippen LogP contribution in [0.2, 0.25) is 0 Å². The largest absolute Gasteiger partial charge is 0.493 e. The Bertz CT molecular complexity index is 1410. The fourth-order valence-corrected chi connectivity index (χ4v) is 4.37. The van der Waals surface area contributed by atoms with Crippen molar-refractivity contribution in [2.24, 2.45) is 5.10 Å². The third kappa shape index (κ3) is 3.89. The van der Waals surface area contributed by atoms with Gasteiger partial charge >= 0.3 is 0 Å². The van der Waals surface area contributed by atoms with E-state index in [-0.39, 0.29) is 17.8 Å². The lowest BCUT2D eigenvalue weighted by molar-refractivity contribution is 0.0940. The van der Waals surface area contributed by atoms with Crippen molar-refractivity contribution in [3.63, 3.8) is 0 Å². The Morgan fingerprint density at radius 1 is 1.09 bits per heavy atom. The summed E-state index contributed by atoms with van der Waals surface area (Å²) in [6.07, 6.45) is 5.80. The molecule has 2 heterocycles. The van der Waals surface area contributed by atoms with Gasteiger partial charge in [-0.1, -0.05) is 25.0 Å². The third-order valence-electron chi connectivity index (χ3n) is 6.12. The number of methoxy groups -OCH3 is 2. The Morgan fingerprint density at radius 2 is 1.79 bits per heavy atom. The van der Waals surface area contributed by atoms with Crippen molar-refractivity contribution in [1.29, 1.82) is 0 Å². The number of para-hydroxylation sites is 2. The Kier molecular flexibility index (Phi) is 5.75. The predicted octanol–water partition coefficient (Wildman–Crippen LogP) is 3.74. The van der Waals surface area contributed by atoms with Crippen LogP contribution in [-0.4, -0.2) is 47.0 Å². The molecule has 9 nitrogen and oxygen atoms in total. The summed E-state index contributed by atoms with van der Waals surface area (Å²) in [5, 5.41) is 7.67. The molecule has 0 spiro atoms. The highest BCUT2D eigenvalue weighted by Crippen LogP contribution is 2.30. The molecule has 4 aromatic rings. The van der Waals surface area contributed by atoms with Crippen LogP contribution in [0.4, 0.5) is 5.82 Å². The van der Waals surface area contributed by atoms with E-state index in [1.165, 1.54) is 4.68 Å². The van der Waals surface area contributed by atoms with Crippen LogP contribution in [-0.2, 0) is 0 Å². The summed E-state index contributed by atoms with van der Waals surface area (Å²) in [6, 6.07) is 13.1. The minimum Gasteiger partial charge on any atom is -0.493 e. The molecular weight excluding hydrogens is 432 g/mol. The Morgan fingerprint density at radius 3 is 2.50 bits per heavy atom. The monoisotopic (exact) mass is 458 g/mol. The molecule has 5 rings (SSSR count). The molecule has 0 unspecified atom stereocenters. The molecule has 1 fully saturated rings. The molecule has 0 radical (unpaired) electrons. The van der Waals surface area contributed by atoms with Crippen molar-refractivity contribution >= 4 is 40.1 Å². The SMILES string of the molecule is COc1ccc(/C=N\n2c(N)c(C(=O)NC3CCCC3)c3nc4ccccc4nc32)cc1OC. The summed E-state index contributed by atoms with van der Waals surface area (Å²) in [5.41, 5.74) is 9.77. The second kappa shape index (κ2) is 9.01. The topological polar surface area (TPSA) is 117 Å². The number of amides is 1. The lowest BCUT2D eigenvalue weighted by Crippen LogP contribution is -2.33. The average molecular weight is 459 g/mol. The van der Waals surface area contributed by atoms with Gasteiger partial charge in [0.1, 0.15) is 16.9 Å². The van der Waals surface area contributed by atoms with Gasteiger partial charge in [0.05, 0.1) is 31.5 Å². The number of carbonyl (C=O) groups excluding carboxylic acids is 1. The van der Waals surface area contributed by atoms with Crippen molar-refractivity contribution in [3.05, 3.63) is 53.6 Å². The van der Waals surface area contributed by atoms with Crippen molar-refractivity contribution in [2.45, 2.75) is 31.7 Å². The summed E-state index contributed by atoms with van der Waals surface area (Å²) in [5.74, 6) is 1.14. The number of rotatable bonds is 6. The minimum absolute atomic E-state index is 0.147. The predicted molar refractivity (Wildman–Crippen MR) is 132 cm³/mol. The normalized spacial score (nSPS) is 14.3. The maximum absolute atomic E-state index is 13.3. The third-order valence-corrected chi connectivity index (χ3v) is 6.12. The van der Waals surface area contributed by atoms with E-state index in [1.807, 2.05) is 30.3 Å². The first-order valence-corrected chi connectivity index (χ1v) is 11.2. The highest BCUT2D eigenvalue weighted by Gasteiger charge is 2.26. The first-order valence-electron chi connectivity index (χ1n) is 11.2. The van der Waals surface area contributed by atoms with E-state index >= 15 is 0 Å². The van der Waals surface area contributed by atoms with Crippen LogP contribution >= 0.6 is 0 Å². The van der Waals surface area contributed by atoms with Crippen molar-refractivity contribution in [3.8, 4) is 11.5 Å². The van der Waals surface area contributed by atoms with Crippen LogP contribution in [0.25, 0.3) is 22.2 Å². The number of carbonyl (C=O) groups is 1. The highest BCUT2D eigenvalue weighted by molar-refractivity contribution is 6.10. The van der Waals surface area contributed by atoms with Crippen LogP contribution in [0, 0.1) is 0 Å². The molecule has 1 amide bonds. The van der Waals surface area contributed by atoms with E-state index in [0.717, 1.165) is 31.2 Å². The molecule has 3 N–H and O–H groups in total. The van der Waals surface area contributed by atoms with Crippen molar-refractivity contribution < 1.29 is 14.3 Å². The summed E-state index contributed by atoms with van der Waals surface area (Å²) in [4.78, 5) is 22.7. The molecule has 0 bridgehead atoms. The van der Waals surface area contributed by atoms with E-state index in [9.17, 15) is 4.79 Å². The number of fused-ring (bicyclic) bond motifs is 2. The lowest BCUT2D eigenvalue weighted by atomic mass is 10.2. The van der Waals surface area contributed by atoms with Crippen molar-refractivity contribution in [2.75, 3.05) is 20.0 Å². The van der Waals surface area contributed by atoms with E-state index in [2.05, 4.69) is 10.4 Å². The number of benzene rings is 2. The molecule has 0 aliphatic heterocycles. The summed E-state index contributed by atoms with van der Waals surface area (Å²) < 4.78 is 12.1. The van der Waals surface area contributed by atoms with Gasteiger partial charge in [0.25, 0.3) is 5.91 Å². The summed E-state index contributed by atoms with van der Waals surface area (Å²) in [6.45, 7) is 0. The standard InChI is InChI=1S/C25H26N6O3/c1-33-19-12-11-15(13-20(19)34-2)14-27-31-23(26)21(25(32)28-16-7-3-4-8-16)22-24(31)30-18-10-6-5-9-17(18)29-22/h5-6,9-14,16H,3-4,7-8,26H2,1-2H3,(H,28,32)/b27-14-. The van der Waals surface area contributed by atoms with Crippen LogP contribution in [0.1, 0.15) is 41.6 Å². The van der Waals surface area contributed by atoms with Gasteiger partial charge in [-0.3, -0.25) is 4.79 Å². The highest BCUT2D eigenvalue weighted by atomic mass is 16.5. The Balaban J connectivity index is 1.62. The molecule has 174 valence electrons. The van der Waals surface area contributed by atoms with E-state index in [4.69, 9.17) is 25.2 Å². The first-order chi connectivity index (χ1) is 16.6. The molecule has 1 aliphatic carbocycles. The number of nitrogen functional groups attached to an aromatic ring is 1. The van der Waals surface area contributed by atoms with E-state index < -0.39 is 0 Å². The van der Waals surface area contributed by atoms with Crippen molar-refractivity contribution in [1.82, 2.24) is 20.0 Å². The zero-order valence-corrected chi connectivity index (χ0v) is 19.1. The average Bonchev–Trinajstić information content (AvgIpc) is 3.46. The number of nitrogens with zero attached hydrogens (tertiary/aromatic N) is 4. The fourth-order valence-electron chi connectivity index (χ4n) is 4.37. The second-order valence-corrected chi connectivity index (χ2v) is 8.27. The van der Waals surface area contributed by atoms with E-state index in [0.29, 0.717) is 39.3 Å². The van der Waals surface area contributed by atoms with Gasteiger partial charge in [0.15, 0.2) is 17.1 Å². The van der Waals surface area contributed by atoms with Gasteiger partial charge in [-0.2, -0.15) is 9.78 Å². The molecule has 0 saturated heterocycles. The first kappa shape index (κ1) is 21.7. The Hall–Kier alpha value is -4.14. The molecule has 1 saturated carbocycles. The number of nitrogens with two attached hydrogens (primary N) is 1. The lowest BCUT2D eigenvalue weighted by Gasteiger charge is -2.11. The molecule has 2 aromatic heterocycles. The maximum atomic E-state index is 13.3. The molecule has 2 aromatic carbocycles.